The number of carbonyl (C=O) groups excluding carboxylic acids is 1. The second-order valence-corrected chi connectivity index (χ2v) is 8.16. The van der Waals surface area contributed by atoms with E-state index < -0.39 is 0 Å². The summed E-state index contributed by atoms with van der Waals surface area (Å²) in [5, 5.41) is 8.74. The quantitative estimate of drug-likeness (QED) is 0.774. The number of carbonyl (C=O) groups is 1. The van der Waals surface area contributed by atoms with Crippen LogP contribution in [0.4, 0.5) is 5.13 Å². The monoisotopic (exact) mass is 378 g/mol. The highest BCUT2D eigenvalue weighted by molar-refractivity contribution is 7.73. The molecule has 0 bridgehead atoms. The summed E-state index contributed by atoms with van der Waals surface area (Å²) in [5.41, 5.74) is 0.761. The zero-order valence-electron chi connectivity index (χ0n) is 14.6. The maximum Gasteiger partial charge on any atom is 0.254 e. The van der Waals surface area contributed by atoms with Crippen molar-refractivity contribution in [2.24, 2.45) is 0 Å². The highest BCUT2D eigenvalue weighted by atomic mass is 32.1. The highest BCUT2D eigenvalue weighted by Gasteiger charge is 2.25. The Morgan fingerprint density at radius 1 is 1.32 bits per heavy atom. The summed E-state index contributed by atoms with van der Waals surface area (Å²) in [6.45, 7) is 8.26. The molecule has 1 aliphatic rings. The Kier molecular flexibility index (Phi) is 5.82. The Morgan fingerprint density at radius 2 is 2.00 bits per heavy atom. The Morgan fingerprint density at radius 3 is 2.64 bits per heavy atom. The topological polar surface area (TPSA) is 54.6 Å². The lowest BCUT2D eigenvalue weighted by atomic mass is 10.2. The Bertz CT molecular complexity index is 763. The van der Waals surface area contributed by atoms with Crippen LogP contribution >= 0.6 is 23.6 Å². The van der Waals surface area contributed by atoms with Gasteiger partial charge >= 0.3 is 0 Å². The Labute approximate surface area is 157 Å². The largest absolute Gasteiger partial charge is 0.358 e. The predicted octanol–water partition coefficient (Wildman–Crippen LogP) is 1.49. The number of nitrogens with zero attached hydrogens (tertiary/aromatic N) is 3. The van der Waals surface area contributed by atoms with Gasteiger partial charge in [-0.05, 0) is 38.2 Å². The lowest BCUT2D eigenvalue weighted by molar-refractivity contribution is -0.927. The third-order valence-electron chi connectivity index (χ3n) is 4.17. The molecule has 2 N–H and O–H groups in total. The summed E-state index contributed by atoms with van der Waals surface area (Å²) < 4.78 is 2.69. The maximum atomic E-state index is 12.5. The van der Waals surface area contributed by atoms with Crippen molar-refractivity contribution >= 4 is 34.6 Å². The number of nitrogens with one attached hydrogen (secondary N) is 2. The molecule has 134 valence electrons. The number of rotatable bonds is 5. The van der Waals surface area contributed by atoms with Gasteiger partial charge in [0, 0.05) is 11.6 Å². The first kappa shape index (κ1) is 18.0. The van der Waals surface area contributed by atoms with Crippen LogP contribution in [-0.4, -0.2) is 52.8 Å². The second kappa shape index (κ2) is 8.07. The molecule has 1 aliphatic heterocycles. The van der Waals surface area contributed by atoms with Gasteiger partial charge < -0.3 is 15.1 Å². The molecule has 1 aromatic carbocycles. The minimum Gasteiger partial charge on any atom is -0.358 e. The van der Waals surface area contributed by atoms with Crippen molar-refractivity contribution in [2.75, 3.05) is 31.5 Å². The van der Waals surface area contributed by atoms with Crippen LogP contribution in [0.1, 0.15) is 24.2 Å². The number of hydrogen-bond acceptors (Lipinski definition) is 5. The van der Waals surface area contributed by atoms with Gasteiger partial charge in [-0.25, -0.2) is 0 Å². The predicted molar refractivity (Wildman–Crippen MR) is 103 cm³/mol. The molecule has 0 saturated carbocycles. The van der Waals surface area contributed by atoms with Crippen molar-refractivity contribution in [3.8, 4) is 0 Å². The zero-order chi connectivity index (χ0) is 17.8. The second-order valence-electron chi connectivity index (χ2n) is 6.54. The molecule has 0 aliphatic carbocycles. The van der Waals surface area contributed by atoms with E-state index in [0.717, 1.165) is 47.5 Å². The van der Waals surface area contributed by atoms with Gasteiger partial charge in [-0.2, -0.15) is 4.68 Å². The van der Waals surface area contributed by atoms with Crippen LogP contribution in [0.5, 0.6) is 0 Å². The Hall–Kier alpha value is -1.77. The highest BCUT2D eigenvalue weighted by Crippen LogP contribution is 2.14. The van der Waals surface area contributed by atoms with Crippen molar-refractivity contribution in [3.05, 3.63) is 39.8 Å². The molecule has 1 fully saturated rings. The first-order chi connectivity index (χ1) is 12.0. The van der Waals surface area contributed by atoms with Gasteiger partial charge in [0.25, 0.3) is 5.91 Å². The molecule has 8 heteroatoms. The third-order valence-corrected chi connectivity index (χ3v) is 5.41. The SMILES string of the molecule is CC(C)Nc1nn(C[NH+]2CCN(C(=O)c3ccccc3)CC2)c(=S)s1. The van der Waals surface area contributed by atoms with E-state index >= 15 is 0 Å². The fraction of sp³-hybridized carbons (Fsp3) is 0.471. The van der Waals surface area contributed by atoms with E-state index in [1.807, 2.05) is 39.9 Å². The number of benzene rings is 1. The number of piperazine rings is 1. The van der Waals surface area contributed by atoms with E-state index in [2.05, 4.69) is 24.3 Å². The fourth-order valence-corrected chi connectivity index (χ4v) is 4.02. The van der Waals surface area contributed by atoms with Gasteiger partial charge in [0.1, 0.15) is 0 Å². The van der Waals surface area contributed by atoms with Gasteiger partial charge in [0.15, 0.2) is 10.6 Å². The maximum absolute atomic E-state index is 12.5. The van der Waals surface area contributed by atoms with E-state index in [0.29, 0.717) is 6.04 Å². The van der Waals surface area contributed by atoms with Crippen LogP contribution in [-0.2, 0) is 6.67 Å². The van der Waals surface area contributed by atoms with E-state index in [1.54, 1.807) is 0 Å². The van der Waals surface area contributed by atoms with E-state index in [-0.39, 0.29) is 5.91 Å². The zero-order valence-corrected chi connectivity index (χ0v) is 16.2. The normalized spacial score (nSPS) is 15.6. The molecule has 1 amide bonds. The number of amides is 1. The van der Waals surface area contributed by atoms with Gasteiger partial charge in [-0.3, -0.25) is 4.79 Å². The lowest BCUT2D eigenvalue weighted by Crippen LogP contribution is -3.14. The van der Waals surface area contributed by atoms with Crippen LogP contribution in [0.2, 0.25) is 0 Å². The molecule has 0 spiro atoms. The average Bonchev–Trinajstić information content (AvgIpc) is 2.94. The summed E-state index contributed by atoms with van der Waals surface area (Å²) in [6, 6.07) is 9.83. The van der Waals surface area contributed by atoms with Crippen molar-refractivity contribution in [3.63, 3.8) is 0 Å². The number of hydrogen-bond donors (Lipinski definition) is 2. The molecule has 1 saturated heterocycles. The first-order valence-electron chi connectivity index (χ1n) is 8.55. The Balaban J connectivity index is 1.55. The summed E-state index contributed by atoms with van der Waals surface area (Å²) in [5.74, 6) is 0.119. The molecule has 0 atom stereocenters. The molecular weight excluding hydrogens is 354 g/mol. The van der Waals surface area contributed by atoms with E-state index in [9.17, 15) is 4.79 Å². The molecule has 2 heterocycles. The van der Waals surface area contributed by atoms with Crippen molar-refractivity contribution < 1.29 is 9.69 Å². The van der Waals surface area contributed by atoms with Gasteiger partial charge in [0.05, 0.1) is 26.2 Å². The van der Waals surface area contributed by atoms with Gasteiger partial charge in [-0.1, -0.05) is 29.5 Å². The summed E-state index contributed by atoms with van der Waals surface area (Å²) >= 11 is 6.94. The van der Waals surface area contributed by atoms with Crippen LogP contribution in [0, 0.1) is 3.95 Å². The fourth-order valence-electron chi connectivity index (χ4n) is 2.87. The number of aromatic nitrogens is 2. The van der Waals surface area contributed by atoms with Crippen molar-refractivity contribution in [2.45, 2.75) is 26.6 Å². The smallest absolute Gasteiger partial charge is 0.254 e. The van der Waals surface area contributed by atoms with E-state index in [4.69, 9.17) is 12.2 Å². The minimum absolute atomic E-state index is 0.119. The summed E-state index contributed by atoms with van der Waals surface area (Å²) in [6.07, 6.45) is 0. The summed E-state index contributed by atoms with van der Waals surface area (Å²) in [4.78, 5) is 15.8. The molecule has 1 aromatic heterocycles. The molecule has 6 nitrogen and oxygen atoms in total. The van der Waals surface area contributed by atoms with Crippen LogP contribution in [0.25, 0.3) is 0 Å². The third kappa shape index (κ3) is 4.65. The van der Waals surface area contributed by atoms with Crippen molar-refractivity contribution in [1.29, 1.82) is 0 Å². The van der Waals surface area contributed by atoms with Gasteiger partial charge in [-0.15, -0.1) is 5.10 Å². The molecule has 2 aromatic rings. The lowest BCUT2D eigenvalue weighted by Gasteiger charge is -2.32. The van der Waals surface area contributed by atoms with Crippen LogP contribution in [0.15, 0.2) is 30.3 Å². The van der Waals surface area contributed by atoms with Crippen LogP contribution < -0.4 is 10.2 Å². The molecule has 25 heavy (non-hydrogen) atoms. The molecule has 3 rings (SSSR count). The first-order valence-corrected chi connectivity index (χ1v) is 9.78. The number of quaternary nitrogens is 1. The van der Waals surface area contributed by atoms with Gasteiger partial charge in [0.2, 0.25) is 5.13 Å². The number of anilines is 1. The minimum atomic E-state index is 0.119. The average molecular weight is 379 g/mol. The van der Waals surface area contributed by atoms with E-state index in [1.165, 1.54) is 16.2 Å². The molecule has 0 radical (unpaired) electrons. The summed E-state index contributed by atoms with van der Waals surface area (Å²) in [7, 11) is 0. The van der Waals surface area contributed by atoms with Crippen LogP contribution in [0.3, 0.4) is 0 Å². The molecular formula is C17H24N5OS2+. The molecule has 0 unspecified atom stereocenters. The standard InChI is InChI=1S/C17H23N5OS2/c1-13(2)18-16-19-22(17(24)25-16)12-20-8-10-21(11-9-20)15(23)14-6-4-3-5-7-14/h3-7,13H,8-12H2,1-2H3,(H,18,19)/p+1. The van der Waals surface area contributed by atoms with Crippen molar-refractivity contribution in [1.82, 2.24) is 14.7 Å².